The Morgan fingerprint density at radius 2 is 1.84 bits per heavy atom. The third kappa shape index (κ3) is 4.15. The summed E-state index contributed by atoms with van der Waals surface area (Å²) in [5.41, 5.74) is 4.32. The van der Waals surface area contributed by atoms with Crippen molar-refractivity contribution < 1.29 is 8.78 Å². The first-order valence-corrected chi connectivity index (χ1v) is 10.4. The smallest absolute Gasteiger partial charge is 0.251 e. The number of benzene rings is 2. The second kappa shape index (κ2) is 8.10. The van der Waals surface area contributed by atoms with Gasteiger partial charge in [-0.3, -0.25) is 0 Å². The van der Waals surface area contributed by atoms with E-state index in [0.29, 0.717) is 24.5 Å². The van der Waals surface area contributed by atoms with E-state index in [4.69, 9.17) is 0 Å². The highest BCUT2D eigenvalue weighted by Gasteiger charge is 2.34. The molecule has 1 aliphatic heterocycles. The van der Waals surface area contributed by atoms with Crippen LogP contribution in [0.25, 0.3) is 10.8 Å². The zero-order valence-electron chi connectivity index (χ0n) is 17.9. The van der Waals surface area contributed by atoms with Gasteiger partial charge in [-0.1, -0.05) is 18.2 Å². The summed E-state index contributed by atoms with van der Waals surface area (Å²) in [7, 11) is 0. The highest BCUT2D eigenvalue weighted by molar-refractivity contribution is 5.95. The van der Waals surface area contributed by atoms with Crippen molar-refractivity contribution in [2.24, 2.45) is 0 Å². The molecule has 1 N–H and O–H groups in total. The van der Waals surface area contributed by atoms with Crippen LogP contribution in [0.4, 0.5) is 20.3 Å². The van der Waals surface area contributed by atoms with Crippen LogP contribution in [0, 0.1) is 25.2 Å². The van der Waals surface area contributed by atoms with E-state index in [9.17, 15) is 14.0 Å². The summed E-state index contributed by atoms with van der Waals surface area (Å²) in [6.07, 6.45) is -0.259. The number of nitrogens with zero attached hydrogens (tertiary/aromatic N) is 4. The minimum absolute atomic E-state index is 0.0918. The zero-order chi connectivity index (χ0) is 22.2. The van der Waals surface area contributed by atoms with Crippen LogP contribution in [0.1, 0.15) is 48.2 Å². The van der Waals surface area contributed by atoms with Gasteiger partial charge in [0.2, 0.25) is 0 Å². The number of anilines is 2. The van der Waals surface area contributed by atoms with E-state index in [2.05, 4.69) is 21.6 Å². The summed E-state index contributed by atoms with van der Waals surface area (Å²) in [6.45, 7) is 6.53. The first-order chi connectivity index (χ1) is 14.8. The van der Waals surface area contributed by atoms with E-state index in [-0.39, 0.29) is 18.9 Å². The Morgan fingerprint density at radius 3 is 2.55 bits per heavy atom. The van der Waals surface area contributed by atoms with Crippen LogP contribution >= 0.6 is 0 Å². The molecule has 5 nitrogen and oxygen atoms in total. The van der Waals surface area contributed by atoms with Gasteiger partial charge in [0, 0.05) is 42.4 Å². The maximum Gasteiger partial charge on any atom is 0.251 e. The second-order valence-electron chi connectivity index (χ2n) is 8.20. The first-order valence-electron chi connectivity index (χ1n) is 10.4. The molecular weight excluding hydrogens is 396 g/mol. The van der Waals surface area contributed by atoms with E-state index in [1.54, 1.807) is 6.07 Å². The second-order valence-corrected chi connectivity index (χ2v) is 8.20. The van der Waals surface area contributed by atoms with Gasteiger partial charge in [0.25, 0.3) is 5.92 Å². The number of nitrogens with one attached hydrogen (secondary N) is 1. The fourth-order valence-corrected chi connectivity index (χ4v) is 4.20. The highest BCUT2D eigenvalue weighted by atomic mass is 19.3. The summed E-state index contributed by atoms with van der Waals surface area (Å²) < 4.78 is 27.2. The summed E-state index contributed by atoms with van der Waals surface area (Å²) in [6, 6.07) is 13.8. The van der Waals surface area contributed by atoms with E-state index >= 15 is 0 Å². The number of hydrogen-bond acceptors (Lipinski definition) is 5. The minimum atomic E-state index is -2.58. The molecule has 0 saturated carbocycles. The molecule has 1 aliphatic rings. The van der Waals surface area contributed by atoms with Gasteiger partial charge in [-0.05, 0) is 50.1 Å². The third-order valence-corrected chi connectivity index (χ3v) is 6.12. The van der Waals surface area contributed by atoms with E-state index in [1.807, 2.05) is 56.0 Å². The number of aromatic nitrogens is 2. The molecule has 0 aliphatic carbocycles. The molecule has 1 aromatic heterocycles. The Kier molecular flexibility index (Phi) is 5.48. The molecule has 7 heteroatoms. The van der Waals surface area contributed by atoms with Gasteiger partial charge in [0.05, 0.1) is 23.4 Å². The third-order valence-electron chi connectivity index (χ3n) is 6.12. The number of alkyl halides is 2. The SMILES string of the molecule is Cc1c(C#N)cccc1[C@@H](C)Nc1nnc(C)c2ccc(N3CCC(F)(F)CC3)cc12. The monoisotopic (exact) mass is 421 g/mol. The number of nitriles is 1. The highest BCUT2D eigenvalue weighted by Crippen LogP contribution is 2.34. The lowest BCUT2D eigenvalue weighted by molar-refractivity contribution is -0.0220. The lowest BCUT2D eigenvalue weighted by atomic mass is 9.98. The summed E-state index contributed by atoms with van der Waals surface area (Å²) in [4.78, 5) is 2.00. The lowest BCUT2D eigenvalue weighted by Gasteiger charge is -2.33. The topological polar surface area (TPSA) is 64.8 Å². The zero-order valence-corrected chi connectivity index (χ0v) is 17.9. The molecular formula is C24H25F2N5. The number of aryl methyl sites for hydroxylation is 1. The quantitative estimate of drug-likeness (QED) is 0.600. The molecule has 1 saturated heterocycles. The fourth-order valence-electron chi connectivity index (χ4n) is 4.20. The van der Waals surface area contributed by atoms with Gasteiger partial charge in [-0.25, -0.2) is 8.78 Å². The van der Waals surface area contributed by atoms with Crippen molar-refractivity contribution in [3.05, 3.63) is 58.8 Å². The van der Waals surface area contributed by atoms with Crippen LogP contribution in [-0.4, -0.2) is 29.2 Å². The number of halogens is 2. The van der Waals surface area contributed by atoms with E-state index in [1.165, 1.54) is 0 Å². The average molecular weight is 421 g/mol. The fraction of sp³-hybridized carbons (Fsp3) is 0.375. The van der Waals surface area contributed by atoms with E-state index in [0.717, 1.165) is 33.3 Å². The predicted octanol–water partition coefficient (Wildman–Crippen LogP) is 5.53. The van der Waals surface area contributed by atoms with Crippen molar-refractivity contribution in [3.8, 4) is 6.07 Å². The van der Waals surface area contributed by atoms with Crippen molar-refractivity contribution in [3.63, 3.8) is 0 Å². The molecule has 0 radical (unpaired) electrons. The normalized spacial score (nSPS) is 16.7. The summed E-state index contributed by atoms with van der Waals surface area (Å²) >= 11 is 0. The maximum absolute atomic E-state index is 13.6. The average Bonchev–Trinajstić information content (AvgIpc) is 2.75. The molecule has 1 fully saturated rings. The Bertz CT molecular complexity index is 1160. The van der Waals surface area contributed by atoms with Gasteiger partial charge in [-0.2, -0.15) is 10.4 Å². The molecule has 4 rings (SSSR count). The van der Waals surface area contributed by atoms with Gasteiger partial charge in [0.1, 0.15) is 0 Å². The van der Waals surface area contributed by atoms with Crippen molar-refractivity contribution in [2.75, 3.05) is 23.3 Å². The van der Waals surface area contributed by atoms with Gasteiger partial charge < -0.3 is 10.2 Å². The molecule has 1 atom stereocenters. The number of hydrogen-bond donors (Lipinski definition) is 1. The standard InChI is InChI=1S/C24H25F2N5/c1-15-18(14-27)5-4-6-20(15)16(2)28-23-22-13-19(7-8-21(22)17(3)29-30-23)31-11-9-24(25,26)10-12-31/h4-8,13,16H,9-12H2,1-3H3,(H,28,30)/t16-/m1/s1. The number of fused-ring (bicyclic) bond motifs is 1. The molecule has 3 aromatic rings. The van der Waals surface area contributed by atoms with Crippen LogP contribution in [-0.2, 0) is 0 Å². The van der Waals surface area contributed by atoms with Gasteiger partial charge >= 0.3 is 0 Å². The van der Waals surface area contributed by atoms with Crippen LogP contribution < -0.4 is 10.2 Å². The predicted molar refractivity (Wildman–Crippen MR) is 119 cm³/mol. The van der Waals surface area contributed by atoms with Crippen LogP contribution in [0.3, 0.4) is 0 Å². The molecule has 31 heavy (non-hydrogen) atoms. The largest absolute Gasteiger partial charge is 0.371 e. The summed E-state index contributed by atoms with van der Waals surface area (Å²) in [5.74, 6) is -1.94. The maximum atomic E-state index is 13.6. The molecule has 0 bridgehead atoms. The van der Waals surface area contributed by atoms with Crippen LogP contribution in [0.2, 0.25) is 0 Å². The van der Waals surface area contributed by atoms with Crippen molar-refractivity contribution in [1.82, 2.24) is 10.2 Å². The van der Waals surface area contributed by atoms with Crippen molar-refractivity contribution in [2.45, 2.75) is 45.6 Å². The molecule has 160 valence electrons. The van der Waals surface area contributed by atoms with Crippen molar-refractivity contribution in [1.29, 1.82) is 5.26 Å². The van der Waals surface area contributed by atoms with Crippen LogP contribution in [0.5, 0.6) is 0 Å². The Labute approximate surface area is 180 Å². The summed E-state index contributed by atoms with van der Waals surface area (Å²) in [5, 5.41) is 23.3. The molecule has 2 heterocycles. The molecule has 2 aromatic carbocycles. The molecule has 0 unspecified atom stereocenters. The van der Waals surface area contributed by atoms with Crippen LogP contribution in [0.15, 0.2) is 36.4 Å². The Hall–Kier alpha value is -3.27. The number of piperidine rings is 1. The Balaban J connectivity index is 1.68. The minimum Gasteiger partial charge on any atom is -0.371 e. The molecule has 0 spiro atoms. The Morgan fingerprint density at radius 1 is 1.10 bits per heavy atom. The lowest BCUT2D eigenvalue weighted by Crippen LogP contribution is -2.39. The van der Waals surface area contributed by atoms with E-state index < -0.39 is 5.92 Å². The van der Waals surface area contributed by atoms with Gasteiger partial charge in [0.15, 0.2) is 5.82 Å². The number of rotatable bonds is 4. The van der Waals surface area contributed by atoms with Gasteiger partial charge in [-0.15, -0.1) is 5.10 Å². The molecule has 0 amide bonds. The van der Waals surface area contributed by atoms with Crippen molar-refractivity contribution >= 4 is 22.3 Å². The first kappa shape index (κ1) is 21.0.